The summed E-state index contributed by atoms with van der Waals surface area (Å²) in [6.07, 6.45) is 1.25. The lowest BCUT2D eigenvalue weighted by Gasteiger charge is -2.31. The van der Waals surface area contributed by atoms with Crippen molar-refractivity contribution in [1.29, 1.82) is 0 Å². The molecule has 4 aromatic rings. The number of anilines is 5. The van der Waals surface area contributed by atoms with Gasteiger partial charge >= 0.3 is 6.03 Å². The maximum Gasteiger partial charge on any atom is 0.324 e. The van der Waals surface area contributed by atoms with Crippen LogP contribution in [-0.4, -0.2) is 37.3 Å². The van der Waals surface area contributed by atoms with Crippen LogP contribution in [0.4, 0.5) is 55.6 Å². The summed E-state index contributed by atoms with van der Waals surface area (Å²) in [5.74, 6) is -10.8. The number of aryl methyl sites for hydroxylation is 1. The number of halogens is 5. The molecule has 0 bridgehead atoms. The number of nitrogens with one attached hydrogen (secondary N) is 4. The van der Waals surface area contributed by atoms with Gasteiger partial charge in [-0.15, -0.1) is 0 Å². The van der Waals surface area contributed by atoms with E-state index < -0.39 is 51.8 Å². The fourth-order valence-electron chi connectivity index (χ4n) is 4.28. The number of urea groups is 1. The van der Waals surface area contributed by atoms with Crippen LogP contribution < -0.4 is 26.0 Å². The number of rotatable bonds is 5. The molecule has 3 heterocycles. The Morgan fingerprint density at radius 2 is 1.60 bits per heavy atom. The zero-order valence-electron chi connectivity index (χ0n) is 24.8. The van der Waals surface area contributed by atoms with Crippen molar-refractivity contribution in [2.24, 2.45) is 0 Å². The molecule has 11 nitrogen and oxygen atoms in total. The van der Waals surface area contributed by atoms with Gasteiger partial charge in [-0.1, -0.05) is 20.8 Å². The van der Waals surface area contributed by atoms with Crippen LogP contribution in [0.1, 0.15) is 45.9 Å². The summed E-state index contributed by atoms with van der Waals surface area (Å²) >= 11 is 0. The molecule has 0 fully saturated rings. The monoisotopic (exact) mass is 630 g/mol. The minimum Gasteiger partial charge on any atom is -0.470 e. The van der Waals surface area contributed by atoms with Gasteiger partial charge in [0.2, 0.25) is 11.6 Å². The van der Waals surface area contributed by atoms with Gasteiger partial charge in [0.1, 0.15) is 17.8 Å². The van der Waals surface area contributed by atoms with Crippen LogP contribution in [0.25, 0.3) is 5.69 Å². The minimum absolute atomic E-state index is 0.198. The van der Waals surface area contributed by atoms with Crippen LogP contribution in [0.2, 0.25) is 0 Å². The quantitative estimate of drug-likeness (QED) is 0.113. The van der Waals surface area contributed by atoms with E-state index in [1.165, 1.54) is 18.5 Å². The molecule has 1 aliphatic rings. The van der Waals surface area contributed by atoms with Crippen molar-refractivity contribution >= 4 is 40.8 Å². The standard InChI is InChI=1S/C29H27F5N8O3/c1-12-9-13(7-8-14(12)38-24-23-25(36-11-35-24)40-26(43)29(5,6)45-23)37-27(44)39-16-10-15(28(2,3)4)41-42(16)22-20(33)18(31)17(30)19(32)21(22)34/h7-11H,1-6H3,(H2,37,39,44)(H2,35,36,38,40,43). The smallest absolute Gasteiger partial charge is 0.324 e. The van der Waals surface area contributed by atoms with Gasteiger partial charge in [-0.3, -0.25) is 10.1 Å². The van der Waals surface area contributed by atoms with Gasteiger partial charge in [0.15, 0.2) is 40.5 Å². The Balaban J connectivity index is 1.39. The summed E-state index contributed by atoms with van der Waals surface area (Å²) in [6.45, 7) is 10.1. The predicted molar refractivity (Wildman–Crippen MR) is 155 cm³/mol. The first kappa shape index (κ1) is 31.2. The van der Waals surface area contributed by atoms with Crippen LogP contribution in [0.3, 0.4) is 0 Å². The number of fused-ring (bicyclic) bond motifs is 1. The van der Waals surface area contributed by atoms with Gasteiger partial charge in [-0.25, -0.2) is 41.4 Å². The lowest BCUT2D eigenvalue weighted by atomic mass is 9.92. The SMILES string of the molecule is Cc1cc(NC(=O)Nc2cc(C(C)(C)C)nn2-c2c(F)c(F)c(F)c(F)c2F)ccc1Nc1ncnc2c1OC(C)(C)C(=O)N2. The molecule has 0 spiro atoms. The van der Waals surface area contributed by atoms with Crippen LogP contribution >= 0.6 is 0 Å². The number of aromatic nitrogens is 4. The first-order valence-corrected chi connectivity index (χ1v) is 13.4. The highest BCUT2D eigenvalue weighted by Crippen LogP contribution is 2.39. The Labute approximate surface area is 253 Å². The minimum atomic E-state index is -2.32. The zero-order chi connectivity index (χ0) is 33.0. The third-order valence-electron chi connectivity index (χ3n) is 6.79. The summed E-state index contributed by atoms with van der Waals surface area (Å²) in [5.41, 5.74) is -1.53. The molecule has 236 valence electrons. The summed E-state index contributed by atoms with van der Waals surface area (Å²) < 4.78 is 77.4. The molecule has 45 heavy (non-hydrogen) atoms. The van der Waals surface area contributed by atoms with Crippen molar-refractivity contribution in [2.75, 3.05) is 21.3 Å². The Morgan fingerprint density at radius 3 is 2.22 bits per heavy atom. The molecule has 4 N–H and O–H groups in total. The fraction of sp³-hybridized carbons (Fsp3) is 0.276. The Bertz CT molecular complexity index is 1840. The van der Waals surface area contributed by atoms with Crippen molar-refractivity contribution in [3.63, 3.8) is 0 Å². The molecule has 3 amide bonds. The Kier molecular flexibility index (Phi) is 7.63. The van der Waals surface area contributed by atoms with Crippen LogP contribution in [0, 0.1) is 36.0 Å². The summed E-state index contributed by atoms with van der Waals surface area (Å²) in [6, 6.07) is 5.14. The van der Waals surface area contributed by atoms with Crippen molar-refractivity contribution < 1.29 is 36.3 Å². The molecular formula is C29H27F5N8O3. The predicted octanol–water partition coefficient (Wildman–Crippen LogP) is 6.46. The number of carbonyl (C=O) groups is 2. The number of benzene rings is 2. The number of amides is 3. The number of nitrogens with zero attached hydrogens (tertiary/aromatic N) is 4. The topological polar surface area (TPSA) is 135 Å². The maximum absolute atomic E-state index is 14.7. The molecular weight excluding hydrogens is 603 g/mol. The summed E-state index contributed by atoms with van der Waals surface area (Å²) in [4.78, 5) is 33.4. The van der Waals surface area contributed by atoms with Gasteiger partial charge in [-0.05, 0) is 44.5 Å². The highest BCUT2D eigenvalue weighted by molar-refractivity contribution is 6.01. The van der Waals surface area contributed by atoms with Gasteiger partial charge in [0, 0.05) is 22.9 Å². The molecule has 2 aromatic heterocycles. The molecule has 0 unspecified atom stereocenters. The van der Waals surface area contributed by atoms with Crippen molar-refractivity contribution in [2.45, 2.75) is 52.6 Å². The summed E-state index contributed by atoms with van der Waals surface area (Å²) in [7, 11) is 0. The van der Waals surface area contributed by atoms with Crippen molar-refractivity contribution in [3.05, 3.63) is 70.9 Å². The number of hydrogen-bond donors (Lipinski definition) is 4. The highest BCUT2D eigenvalue weighted by atomic mass is 19.2. The van der Waals surface area contributed by atoms with E-state index >= 15 is 0 Å². The third kappa shape index (κ3) is 5.82. The molecule has 16 heteroatoms. The first-order valence-electron chi connectivity index (χ1n) is 13.4. The Hall–Kier alpha value is -5.28. The van der Waals surface area contributed by atoms with Gasteiger partial charge in [-0.2, -0.15) is 5.10 Å². The molecule has 0 saturated heterocycles. The van der Waals surface area contributed by atoms with Crippen LogP contribution in [0.15, 0.2) is 30.6 Å². The normalized spacial score (nSPS) is 13.9. The second-order valence-electron chi connectivity index (χ2n) is 11.7. The number of ether oxygens (including phenoxy) is 1. The highest BCUT2D eigenvalue weighted by Gasteiger charge is 2.38. The average Bonchev–Trinajstić information content (AvgIpc) is 3.37. The molecule has 0 radical (unpaired) electrons. The summed E-state index contributed by atoms with van der Waals surface area (Å²) in [5, 5.41) is 14.8. The molecule has 1 aliphatic heterocycles. The van der Waals surface area contributed by atoms with E-state index in [4.69, 9.17) is 4.74 Å². The number of carbonyl (C=O) groups excluding carboxylic acids is 2. The van der Waals surface area contributed by atoms with E-state index in [0.29, 0.717) is 21.6 Å². The largest absolute Gasteiger partial charge is 0.470 e. The van der Waals surface area contributed by atoms with Gasteiger partial charge in [0.25, 0.3) is 5.91 Å². The van der Waals surface area contributed by atoms with E-state index in [1.807, 2.05) is 0 Å². The van der Waals surface area contributed by atoms with E-state index in [0.717, 1.165) is 0 Å². The van der Waals surface area contributed by atoms with Crippen LogP contribution in [-0.2, 0) is 10.2 Å². The van der Waals surface area contributed by atoms with Crippen molar-refractivity contribution in [3.8, 4) is 11.4 Å². The first-order chi connectivity index (χ1) is 21.0. The second-order valence-corrected chi connectivity index (χ2v) is 11.7. The fourth-order valence-corrected chi connectivity index (χ4v) is 4.28. The molecule has 2 aromatic carbocycles. The van der Waals surface area contributed by atoms with E-state index in [-0.39, 0.29) is 34.8 Å². The lowest BCUT2D eigenvalue weighted by Crippen LogP contribution is -2.46. The van der Waals surface area contributed by atoms with Gasteiger partial charge < -0.3 is 20.7 Å². The molecule has 0 atom stereocenters. The van der Waals surface area contributed by atoms with E-state index in [9.17, 15) is 31.5 Å². The maximum atomic E-state index is 14.7. The van der Waals surface area contributed by atoms with Gasteiger partial charge in [0.05, 0.1) is 5.69 Å². The van der Waals surface area contributed by atoms with Crippen molar-refractivity contribution in [1.82, 2.24) is 19.7 Å². The van der Waals surface area contributed by atoms with E-state index in [2.05, 4.69) is 36.3 Å². The molecule has 0 saturated carbocycles. The number of hydrogen-bond acceptors (Lipinski definition) is 7. The van der Waals surface area contributed by atoms with Crippen LogP contribution in [0.5, 0.6) is 5.75 Å². The third-order valence-corrected chi connectivity index (χ3v) is 6.79. The lowest BCUT2D eigenvalue weighted by molar-refractivity contribution is -0.129. The molecule has 0 aliphatic carbocycles. The average molecular weight is 631 g/mol. The zero-order valence-corrected chi connectivity index (χ0v) is 24.8. The molecule has 5 rings (SSSR count). The second kappa shape index (κ2) is 11.0. The Morgan fingerprint density at radius 1 is 0.956 bits per heavy atom. The van der Waals surface area contributed by atoms with E-state index in [1.54, 1.807) is 53.7 Å².